The van der Waals surface area contributed by atoms with Gasteiger partial charge in [-0.15, -0.1) is 0 Å². The number of fused-ring (bicyclic) bond motifs is 1. The highest BCUT2D eigenvalue weighted by Gasteiger charge is 2.32. The van der Waals surface area contributed by atoms with Gasteiger partial charge in [-0.1, -0.05) is 0 Å². The first-order chi connectivity index (χ1) is 8.04. The zero-order valence-electron chi connectivity index (χ0n) is 9.80. The third-order valence-electron chi connectivity index (χ3n) is 3.65. The molecule has 0 aromatic rings. The van der Waals surface area contributed by atoms with Crippen molar-refractivity contribution in [3.8, 4) is 0 Å². The summed E-state index contributed by atoms with van der Waals surface area (Å²) in [5.41, 5.74) is -4.08. The summed E-state index contributed by atoms with van der Waals surface area (Å²) in [7, 11) is 0. The van der Waals surface area contributed by atoms with Crippen molar-refractivity contribution in [2.24, 2.45) is 5.92 Å². The summed E-state index contributed by atoms with van der Waals surface area (Å²) in [6, 6.07) is 0.607. The van der Waals surface area contributed by atoms with E-state index in [4.69, 9.17) is 0 Å². The Morgan fingerprint density at radius 2 is 2.12 bits per heavy atom. The van der Waals surface area contributed by atoms with Crippen molar-refractivity contribution in [2.75, 3.05) is 31.9 Å². The van der Waals surface area contributed by atoms with Gasteiger partial charge in [-0.2, -0.15) is 13.2 Å². The Hall–Kier alpha value is 0.0600. The van der Waals surface area contributed by atoms with Crippen molar-refractivity contribution >= 4 is 11.8 Å². The van der Waals surface area contributed by atoms with Gasteiger partial charge in [0.1, 0.15) is 0 Å². The molecule has 100 valence electrons. The average molecular weight is 268 g/mol. The molecule has 2 heterocycles. The molecule has 0 aromatic carbocycles. The van der Waals surface area contributed by atoms with Crippen LogP contribution in [0.3, 0.4) is 0 Å². The van der Waals surface area contributed by atoms with Crippen LogP contribution in [0.1, 0.15) is 19.3 Å². The standard InChI is InChI=1S/C11H19F3N2S/c12-11(13,14)17-7-6-16-5-3-10-9(8-16)2-1-4-15-10/h9-10,15H,1-8H2. The summed E-state index contributed by atoms with van der Waals surface area (Å²) < 4.78 is 36.0. The van der Waals surface area contributed by atoms with E-state index in [1.54, 1.807) is 0 Å². The van der Waals surface area contributed by atoms with Crippen molar-refractivity contribution in [1.29, 1.82) is 0 Å². The Labute approximate surface area is 104 Å². The lowest BCUT2D eigenvalue weighted by molar-refractivity contribution is -0.0329. The molecule has 0 spiro atoms. The van der Waals surface area contributed by atoms with Gasteiger partial charge < -0.3 is 10.2 Å². The summed E-state index contributed by atoms with van der Waals surface area (Å²) in [5.74, 6) is 0.808. The van der Waals surface area contributed by atoms with Crippen LogP contribution in [-0.2, 0) is 0 Å². The van der Waals surface area contributed by atoms with Crippen LogP contribution in [0.2, 0.25) is 0 Å². The van der Waals surface area contributed by atoms with Crippen molar-refractivity contribution in [2.45, 2.75) is 30.8 Å². The SMILES string of the molecule is FC(F)(F)SCCN1CCC2NCCCC2C1. The van der Waals surface area contributed by atoms with Gasteiger partial charge in [-0.3, -0.25) is 0 Å². The fourth-order valence-electron chi connectivity index (χ4n) is 2.81. The normalized spacial score (nSPS) is 31.2. The topological polar surface area (TPSA) is 15.3 Å². The summed E-state index contributed by atoms with van der Waals surface area (Å²) in [6.07, 6.45) is 3.51. The first-order valence-electron chi connectivity index (χ1n) is 6.21. The highest BCUT2D eigenvalue weighted by atomic mass is 32.2. The molecule has 17 heavy (non-hydrogen) atoms. The van der Waals surface area contributed by atoms with Crippen LogP contribution < -0.4 is 5.32 Å². The summed E-state index contributed by atoms with van der Waals surface area (Å²) in [4.78, 5) is 2.19. The molecular weight excluding hydrogens is 249 g/mol. The van der Waals surface area contributed by atoms with E-state index in [1.807, 2.05) is 0 Å². The van der Waals surface area contributed by atoms with E-state index in [0.717, 1.165) is 26.1 Å². The minimum atomic E-state index is -4.08. The number of piperidine rings is 2. The average Bonchev–Trinajstić information content (AvgIpc) is 2.27. The lowest BCUT2D eigenvalue weighted by Crippen LogP contribution is -2.52. The Balaban J connectivity index is 1.69. The number of thioether (sulfide) groups is 1. The predicted octanol–water partition coefficient (Wildman–Crippen LogP) is 2.31. The summed E-state index contributed by atoms with van der Waals surface area (Å²) in [5, 5.41) is 3.51. The van der Waals surface area contributed by atoms with E-state index in [0.29, 0.717) is 18.5 Å². The van der Waals surface area contributed by atoms with Crippen molar-refractivity contribution < 1.29 is 13.2 Å². The van der Waals surface area contributed by atoms with Gasteiger partial charge in [-0.25, -0.2) is 0 Å². The highest BCUT2D eigenvalue weighted by molar-refractivity contribution is 8.00. The second-order valence-corrected chi connectivity index (χ2v) is 6.01. The number of hydrogen-bond acceptors (Lipinski definition) is 3. The largest absolute Gasteiger partial charge is 0.441 e. The lowest BCUT2D eigenvalue weighted by Gasteiger charge is -2.41. The minimum absolute atomic E-state index is 0.0993. The maximum atomic E-state index is 12.0. The van der Waals surface area contributed by atoms with Crippen LogP contribution >= 0.6 is 11.8 Å². The first-order valence-corrected chi connectivity index (χ1v) is 7.19. The highest BCUT2D eigenvalue weighted by Crippen LogP contribution is 2.30. The molecule has 2 aliphatic rings. The van der Waals surface area contributed by atoms with Gasteiger partial charge in [0.15, 0.2) is 0 Å². The monoisotopic (exact) mass is 268 g/mol. The molecule has 2 fully saturated rings. The second kappa shape index (κ2) is 5.80. The molecule has 6 heteroatoms. The molecule has 2 rings (SSSR count). The van der Waals surface area contributed by atoms with Gasteiger partial charge in [0, 0.05) is 24.9 Å². The van der Waals surface area contributed by atoms with Gasteiger partial charge in [0.25, 0.3) is 0 Å². The second-order valence-electron chi connectivity index (χ2n) is 4.85. The molecule has 1 N–H and O–H groups in total. The molecule has 0 bridgehead atoms. The van der Waals surface area contributed by atoms with E-state index in [2.05, 4.69) is 10.2 Å². The first kappa shape index (κ1) is 13.5. The van der Waals surface area contributed by atoms with Gasteiger partial charge in [0.2, 0.25) is 0 Å². The van der Waals surface area contributed by atoms with E-state index >= 15 is 0 Å². The fourth-order valence-corrected chi connectivity index (χ4v) is 3.39. The number of likely N-dealkylation sites (tertiary alicyclic amines) is 1. The molecule has 0 radical (unpaired) electrons. The number of rotatable bonds is 3. The number of nitrogens with one attached hydrogen (secondary N) is 1. The molecule has 0 aliphatic carbocycles. The Morgan fingerprint density at radius 3 is 2.88 bits per heavy atom. The molecule has 2 atom stereocenters. The molecule has 0 aromatic heterocycles. The zero-order valence-corrected chi connectivity index (χ0v) is 10.6. The third kappa shape index (κ3) is 4.34. The lowest BCUT2D eigenvalue weighted by atomic mass is 9.85. The molecule has 0 amide bonds. The zero-order chi connectivity index (χ0) is 12.3. The van der Waals surface area contributed by atoms with E-state index in [1.165, 1.54) is 12.8 Å². The van der Waals surface area contributed by atoms with Crippen LogP contribution in [0.4, 0.5) is 13.2 Å². The number of nitrogens with zero attached hydrogens (tertiary/aromatic N) is 1. The van der Waals surface area contributed by atoms with Gasteiger partial charge >= 0.3 is 5.51 Å². The van der Waals surface area contributed by atoms with Crippen LogP contribution in [0.5, 0.6) is 0 Å². The Bertz CT molecular complexity index is 247. The van der Waals surface area contributed by atoms with E-state index in [-0.39, 0.29) is 17.5 Å². The third-order valence-corrected chi connectivity index (χ3v) is 4.36. The van der Waals surface area contributed by atoms with Crippen molar-refractivity contribution in [3.05, 3.63) is 0 Å². The Morgan fingerprint density at radius 1 is 1.29 bits per heavy atom. The van der Waals surface area contributed by atoms with E-state index in [9.17, 15) is 13.2 Å². The van der Waals surface area contributed by atoms with Gasteiger partial charge in [0.05, 0.1) is 0 Å². The van der Waals surface area contributed by atoms with Crippen molar-refractivity contribution in [3.63, 3.8) is 0 Å². The Kier molecular flexibility index (Phi) is 4.60. The van der Waals surface area contributed by atoms with Gasteiger partial charge in [-0.05, 0) is 50.0 Å². The fraction of sp³-hybridized carbons (Fsp3) is 1.00. The van der Waals surface area contributed by atoms with E-state index < -0.39 is 5.51 Å². The van der Waals surface area contributed by atoms with Crippen LogP contribution in [0.15, 0.2) is 0 Å². The molecule has 2 saturated heterocycles. The van der Waals surface area contributed by atoms with Crippen LogP contribution in [0, 0.1) is 5.92 Å². The molecule has 0 saturated carbocycles. The summed E-state index contributed by atoms with van der Waals surface area (Å²) >= 11 is 0.0993. The molecule has 2 unspecified atom stereocenters. The van der Waals surface area contributed by atoms with Crippen LogP contribution in [-0.4, -0.2) is 48.4 Å². The maximum Gasteiger partial charge on any atom is 0.441 e. The molecular formula is C11H19F3N2S. The van der Waals surface area contributed by atoms with Crippen molar-refractivity contribution in [1.82, 2.24) is 10.2 Å². The van der Waals surface area contributed by atoms with Crippen LogP contribution in [0.25, 0.3) is 0 Å². The number of halogens is 3. The molecule has 2 nitrogen and oxygen atoms in total. The number of hydrogen-bond donors (Lipinski definition) is 1. The maximum absolute atomic E-state index is 12.0. The molecule has 2 aliphatic heterocycles. The smallest absolute Gasteiger partial charge is 0.314 e. The number of alkyl halides is 3. The summed E-state index contributed by atoms with van der Waals surface area (Å²) in [6.45, 7) is 3.57. The predicted molar refractivity (Wildman–Crippen MR) is 64.1 cm³/mol. The quantitative estimate of drug-likeness (QED) is 0.845. The minimum Gasteiger partial charge on any atom is -0.314 e.